The number of hydrogen-bond donors (Lipinski definition) is 2. The van der Waals surface area contributed by atoms with Gasteiger partial charge in [-0.2, -0.15) is 5.26 Å². The van der Waals surface area contributed by atoms with Crippen molar-refractivity contribution in [3.05, 3.63) is 40.2 Å². The summed E-state index contributed by atoms with van der Waals surface area (Å²) in [5.74, 6) is 1.47. The number of aliphatic hydroxyl groups excluding tert-OH is 1. The fraction of sp³-hybridized carbons (Fsp3) is 0.533. The van der Waals surface area contributed by atoms with Crippen molar-refractivity contribution in [1.29, 1.82) is 5.26 Å². The van der Waals surface area contributed by atoms with Gasteiger partial charge in [0.15, 0.2) is 11.6 Å². The molecule has 1 aromatic carbocycles. The molecule has 1 aliphatic heterocycles. The van der Waals surface area contributed by atoms with E-state index < -0.39 is 6.10 Å². The van der Waals surface area contributed by atoms with Crippen LogP contribution in [0.1, 0.15) is 64.1 Å². The van der Waals surface area contributed by atoms with Gasteiger partial charge in [0, 0.05) is 35.3 Å². The molecule has 1 aliphatic carbocycles. The zero-order valence-electron chi connectivity index (χ0n) is 23.7. The van der Waals surface area contributed by atoms with E-state index in [1.54, 1.807) is 25.1 Å². The summed E-state index contributed by atoms with van der Waals surface area (Å²) in [5, 5.41) is 19.3. The summed E-state index contributed by atoms with van der Waals surface area (Å²) in [6.45, 7) is 9.36. The molecule has 214 valence electrons. The maximum absolute atomic E-state index is 12.7. The SMILES string of the molecule is CCC[C@@H](O)COc1ccc(Cl)c(-c2nc(C(C(C)=O)=C(C)N)c(C)c(N3CC4(CC(OCCC#N)C4)C3)n2)c1. The number of carbonyl (C=O) groups excluding carboxylic acids is 1. The van der Waals surface area contributed by atoms with Crippen LogP contribution < -0.4 is 15.4 Å². The van der Waals surface area contributed by atoms with Gasteiger partial charge in [-0.25, -0.2) is 9.97 Å². The molecular weight excluding hydrogens is 530 g/mol. The lowest BCUT2D eigenvalue weighted by atomic mass is 9.61. The average Bonchev–Trinajstić information content (AvgIpc) is 2.85. The van der Waals surface area contributed by atoms with Gasteiger partial charge in [-0.05, 0) is 58.2 Å². The minimum atomic E-state index is -0.560. The Morgan fingerprint density at radius 3 is 2.67 bits per heavy atom. The summed E-state index contributed by atoms with van der Waals surface area (Å²) in [6.07, 6.45) is 3.45. The minimum absolute atomic E-state index is 0.167. The summed E-state index contributed by atoms with van der Waals surface area (Å²) in [7, 11) is 0. The van der Waals surface area contributed by atoms with E-state index in [0.717, 1.165) is 43.7 Å². The van der Waals surface area contributed by atoms with Crippen molar-refractivity contribution in [1.82, 2.24) is 9.97 Å². The number of ketones is 1. The second-order valence-corrected chi connectivity index (χ2v) is 11.4. The predicted octanol–water partition coefficient (Wildman–Crippen LogP) is 4.82. The van der Waals surface area contributed by atoms with Crippen LogP contribution in [-0.2, 0) is 9.53 Å². The van der Waals surface area contributed by atoms with Crippen molar-refractivity contribution in [3.63, 3.8) is 0 Å². The highest BCUT2D eigenvalue weighted by molar-refractivity contribution is 6.33. The van der Waals surface area contributed by atoms with E-state index in [4.69, 9.17) is 42.0 Å². The van der Waals surface area contributed by atoms with E-state index in [1.165, 1.54) is 6.92 Å². The Morgan fingerprint density at radius 1 is 1.32 bits per heavy atom. The lowest BCUT2D eigenvalue weighted by Gasteiger charge is -2.59. The van der Waals surface area contributed by atoms with Crippen LogP contribution in [0.5, 0.6) is 5.75 Å². The third-order valence-corrected chi connectivity index (χ3v) is 7.92. The fourth-order valence-corrected chi connectivity index (χ4v) is 5.85. The van der Waals surface area contributed by atoms with E-state index in [1.807, 2.05) is 13.8 Å². The van der Waals surface area contributed by atoms with Crippen molar-refractivity contribution in [2.24, 2.45) is 11.1 Å². The highest BCUT2D eigenvalue weighted by Gasteiger charge is 2.53. The molecule has 9 nitrogen and oxygen atoms in total. The molecule has 40 heavy (non-hydrogen) atoms. The molecule has 0 radical (unpaired) electrons. The molecule has 2 aliphatic rings. The first-order valence-electron chi connectivity index (χ1n) is 13.8. The number of nitrogens with zero attached hydrogens (tertiary/aromatic N) is 4. The number of anilines is 1. The Hall–Kier alpha value is -3.19. The van der Waals surface area contributed by atoms with Gasteiger partial charge in [0.05, 0.1) is 47.6 Å². The number of carbonyl (C=O) groups is 1. The molecule has 1 atom stereocenters. The Morgan fingerprint density at radius 2 is 2.05 bits per heavy atom. The van der Waals surface area contributed by atoms with Crippen LogP contribution >= 0.6 is 11.6 Å². The van der Waals surface area contributed by atoms with E-state index >= 15 is 0 Å². The van der Waals surface area contributed by atoms with Crippen molar-refractivity contribution in [3.8, 4) is 23.2 Å². The van der Waals surface area contributed by atoms with E-state index in [0.29, 0.717) is 58.6 Å². The number of nitriles is 1. The number of benzene rings is 1. The number of hydrogen-bond acceptors (Lipinski definition) is 9. The number of halogens is 1. The number of allylic oxidation sites excluding steroid dienone is 2. The first-order valence-corrected chi connectivity index (χ1v) is 14.2. The Kier molecular flexibility index (Phi) is 9.34. The Bertz CT molecular complexity index is 1320. The number of aromatic nitrogens is 2. The summed E-state index contributed by atoms with van der Waals surface area (Å²) in [4.78, 5) is 24.6. The zero-order valence-corrected chi connectivity index (χ0v) is 24.4. The third-order valence-electron chi connectivity index (χ3n) is 7.59. The smallest absolute Gasteiger partial charge is 0.163 e. The molecule has 1 saturated heterocycles. The second kappa shape index (κ2) is 12.5. The molecular formula is C30H38ClN5O4. The largest absolute Gasteiger partial charge is 0.491 e. The van der Waals surface area contributed by atoms with Crippen LogP contribution in [0, 0.1) is 23.7 Å². The van der Waals surface area contributed by atoms with Gasteiger partial charge in [-0.3, -0.25) is 4.79 Å². The van der Waals surface area contributed by atoms with Gasteiger partial charge in [0.25, 0.3) is 0 Å². The number of ether oxygens (including phenoxy) is 2. The first-order chi connectivity index (χ1) is 19.1. The van der Waals surface area contributed by atoms with Crippen LogP contribution in [0.3, 0.4) is 0 Å². The van der Waals surface area contributed by atoms with Crippen molar-refractivity contribution in [2.75, 3.05) is 31.2 Å². The van der Waals surface area contributed by atoms with Gasteiger partial charge >= 0.3 is 0 Å². The highest BCUT2D eigenvalue weighted by Crippen LogP contribution is 2.51. The molecule has 10 heteroatoms. The lowest BCUT2D eigenvalue weighted by molar-refractivity contribution is -0.111. The van der Waals surface area contributed by atoms with Crippen LogP contribution in [-0.4, -0.2) is 59.4 Å². The molecule has 1 spiro atoms. The van der Waals surface area contributed by atoms with E-state index in [9.17, 15) is 9.90 Å². The molecule has 1 saturated carbocycles. The Labute approximate surface area is 241 Å². The number of aliphatic hydroxyl groups is 1. The quantitative estimate of drug-likeness (QED) is 0.273. The van der Waals surface area contributed by atoms with Crippen molar-refractivity contribution in [2.45, 2.75) is 72.0 Å². The first kappa shape index (κ1) is 29.8. The highest BCUT2D eigenvalue weighted by atomic mass is 35.5. The zero-order chi connectivity index (χ0) is 29.0. The topological polar surface area (TPSA) is 135 Å². The van der Waals surface area contributed by atoms with Crippen LogP contribution in [0.25, 0.3) is 17.0 Å². The summed E-state index contributed by atoms with van der Waals surface area (Å²) < 4.78 is 11.6. The van der Waals surface area contributed by atoms with Crippen molar-refractivity contribution >= 4 is 28.8 Å². The standard InChI is InChI=1S/C30H38ClN5O4/c1-5-7-21(38)15-40-22-8-9-25(31)24(12-22)28-34-27(26(19(3)33)20(4)37)18(2)29(35-28)36-16-30(17-36)13-23(14-30)39-11-6-10-32/h8-9,12,21,23,38H,5-7,11,13-17,33H2,1-4H3/t21-/m1/s1. The third kappa shape index (κ3) is 6.41. The minimum Gasteiger partial charge on any atom is -0.491 e. The van der Waals surface area contributed by atoms with Gasteiger partial charge in [-0.15, -0.1) is 0 Å². The summed E-state index contributed by atoms with van der Waals surface area (Å²) >= 11 is 6.63. The Balaban J connectivity index is 1.65. The van der Waals surface area contributed by atoms with Crippen LogP contribution in [0.15, 0.2) is 23.9 Å². The molecule has 0 unspecified atom stereocenters. The molecule has 2 aromatic rings. The lowest BCUT2D eigenvalue weighted by Crippen LogP contribution is -2.64. The molecule has 0 amide bonds. The molecule has 4 rings (SSSR count). The number of nitrogens with two attached hydrogens (primary N) is 1. The number of Topliss-reactive ketones (excluding diaryl/α,β-unsaturated/α-hetero) is 1. The summed E-state index contributed by atoms with van der Waals surface area (Å²) in [5.41, 5.74) is 8.91. The van der Waals surface area contributed by atoms with Crippen LogP contribution in [0.4, 0.5) is 5.82 Å². The maximum Gasteiger partial charge on any atom is 0.163 e. The van der Waals surface area contributed by atoms with Crippen molar-refractivity contribution < 1.29 is 19.4 Å². The number of rotatable bonds is 12. The van der Waals surface area contributed by atoms with Gasteiger partial charge in [-0.1, -0.05) is 24.9 Å². The maximum atomic E-state index is 12.7. The fourth-order valence-electron chi connectivity index (χ4n) is 5.65. The molecule has 0 bridgehead atoms. The van der Waals surface area contributed by atoms with Gasteiger partial charge in [0.1, 0.15) is 18.2 Å². The van der Waals surface area contributed by atoms with Crippen LogP contribution in [0.2, 0.25) is 5.02 Å². The predicted molar refractivity (Wildman–Crippen MR) is 155 cm³/mol. The monoisotopic (exact) mass is 567 g/mol. The second-order valence-electron chi connectivity index (χ2n) is 11.0. The average molecular weight is 568 g/mol. The van der Waals surface area contributed by atoms with E-state index in [-0.39, 0.29) is 23.9 Å². The molecule has 2 heterocycles. The molecule has 3 N–H and O–H groups in total. The van der Waals surface area contributed by atoms with Gasteiger partial charge in [0.2, 0.25) is 0 Å². The molecule has 1 aromatic heterocycles. The van der Waals surface area contributed by atoms with Gasteiger partial charge < -0.3 is 25.2 Å². The normalized spacial score (nSPS) is 17.5. The summed E-state index contributed by atoms with van der Waals surface area (Å²) in [6, 6.07) is 7.34. The van der Waals surface area contributed by atoms with E-state index in [2.05, 4.69) is 11.0 Å². The molecule has 2 fully saturated rings.